The van der Waals surface area contributed by atoms with Gasteiger partial charge in [0.25, 0.3) is 5.91 Å². The van der Waals surface area contributed by atoms with Crippen molar-refractivity contribution in [1.29, 1.82) is 0 Å². The molecular formula is C30H31Cl2NO4. The molecule has 194 valence electrons. The number of benzene rings is 3. The summed E-state index contributed by atoms with van der Waals surface area (Å²) in [6, 6.07) is 19.2. The molecule has 0 aromatic heterocycles. The first-order valence-electron chi connectivity index (χ1n) is 12.5. The molecule has 5 nitrogen and oxygen atoms in total. The Hall–Kier alpha value is -3.02. The molecule has 0 aliphatic carbocycles. The van der Waals surface area contributed by atoms with Gasteiger partial charge in [-0.3, -0.25) is 9.59 Å². The fourth-order valence-electron chi connectivity index (χ4n) is 4.81. The minimum Gasteiger partial charge on any atom is -0.487 e. The summed E-state index contributed by atoms with van der Waals surface area (Å²) in [7, 11) is 0. The molecule has 0 fully saturated rings. The molecule has 0 unspecified atom stereocenters. The van der Waals surface area contributed by atoms with Crippen molar-refractivity contribution in [3.63, 3.8) is 0 Å². The van der Waals surface area contributed by atoms with Crippen LogP contribution in [-0.4, -0.2) is 34.0 Å². The van der Waals surface area contributed by atoms with Crippen molar-refractivity contribution in [1.82, 2.24) is 4.90 Å². The maximum Gasteiger partial charge on any atom is 0.323 e. The van der Waals surface area contributed by atoms with E-state index in [2.05, 4.69) is 38.1 Å². The Morgan fingerprint density at radius 1 is 1.05 bits per heavy atom. The average Bonchev–Trinajstić information content (AvgIpc) is 2.86. The SMILES string of the molecule is CCCc1ccc(C[C@]2(C)CCc3cc(C(=O)N(CC(=O)O)Cc4cccc(Cl)c4Cl)ccc3O2)cc1. The number of carbonyl (C=O) groups is 2. The van der Waals surface area contributed by atoms with Crippen LogP contribution in [0.4, 0.5) is 0 Å². The number of carboxylic acids is 1. The van der Waals surface area contributed by atoms with E-state index in [0.717, 1.165) is 43.4 Å². The quantitative estimate of drug-likeness (QED) is 0.318. The van der Waals surface area contributed by atoms with E-state index in [1.807, 2.05) is 12.1 Å². The molecule has 1 amide bonds. The Labute approximate surface area is 228 Å². The standard InChI is InChI=1S/C30H31Cl2NO4/c1-3-5-20-8-10-21(11-9-20)17-30(2)15-14-22-16-23(12-13-26(22)37-30)29(36)33(19-27(34)35)18-24-6-4-7-25(31)28(24)32/h4,6-13,16H,3,5,14-15,17-19H2,1-2H3,(H,34,35)/t30-/m0/s1. The zero-order valence-electron chi connectivity index (χ0n) is 21.1. The highest BCUT2D eigenvalue weighted by molar-refractivity contribution is 6.42. The number of carbonyl (C=O) groups excluding carboxylic acids is 1. The summed E-state index contributed by atoms with van der Waals surface area (Å²) >= 11 is 12.4. The first-order valence-corrected chi connectivity index (χ1v) is 13.3. The third kappa shape index (κ3) is 6.65. The Balaban J connectivity index is 1.50. The normalized spacial score (nSPS) is 16.5. The Morgan fingerprint density at radius 3 is 2.49 bits per heavy atom. The number of hydrogen-bond acceptors (Lipinski definition) is 3. The van der Waals surface area contributed by atoms with Gasteiger partial charge in [-0.1, -0.05) is 72.9 Å². The van der Waals surface area contributed by atoms with E-state index < -0.39 is 12.5 Å². The number of carboxylic acid groups (broad SMARTS) is 1. The summed E-state index contributed by atoms with van der Waals surface area (Å²) in [5.41, 5.74) is 4.18. The van der Waals surface area contributed by atoms with Gasteiger partial charge in [0.2, 0.25) is 0 Å². The molecule has 4 rings (SSSR count). The van der Waals surface area contributed by atoms with Crippen LogP contribution in [-0.2, 0) is 30.6 Å². The molecule has 37 heavy (non-hydrogen) atoms. The fourth-order valence-corrected chi connectivity index (χ4v) is 5.19. The summed E-state index contributed by atoms with van der Waals surface area (Å²) < 4.78 is 6.43. The number of halogens is 2. The second-order valence-electron chi connectivity index (χ2n) is 9.89. The van der Waals surface area contributed by atoms with Gasteiger partial charge < -0.3 is 14.7 Å². The second kappa shape index (κ2) is 11.6. The zero-order valence-corrected chi connectivity index (χ0v) is 22.6. The van der Waals surface area contributed by atoms with Crippen LogP contribution in [0.15, 0.2) is 60.7 Å². The Morgan fingerprint density at radius 2 is 1.78 bits per heavy atom. The molecule has 1 aliphatic heterocycles. The first kappa shape index (κ1) is 27.0. The van der Waals surface area contributed by atoms with Crippen molar-refractivity contribution in [3.8, 4) is 5.75 Å². The maximum atomic E-state index is 13.4. The van der Waals surface area contributed by atoms with Crippen molar-refractivity contribution in [2.75, 3.05) is 6.54 Å². The predicted octanol–water partition coefficient (Wildman–Crippen LogP) is 7.00. The predicted molar refractivity (Wildman–Crippen MR) is 147 cm³/mol. The van der Waals surface area contributed by atoms with Crippen molar-refractivity contribution in [2.45, 2.75) is 58.1 Å². The highest BCUT2D eigenvalue weighted by Crippen LogP contribution is 2.36. The van der Waals surface area contributed by atoms with E-state index in [4.69, 9.17) is 27.9 Å². The number of nitrogens with zero attached hydrogens (tertiary/aromatic N) is 1. The van der Waals surface area contributed by atoms with Crippen molar-refractivity contribution in [3.05, 3.63) is 98.5 Å². The van der Waals surface area contributed by atoms with Crippen LogP contribution in [0.3, 0.4) is 0 Å². The highest BCUT2D eigenvalue weighted by atomic mass is 35.5. The lowest BCUT2D eigenvalue weighted by Crippen LogP contribution is -2.39. The number of fused-ring (bicyclic) bond motifs is 1. The molecule has 0 bridgehead atoms. The van der Waals surface area contributed by atoms with Crippen LogP contribution in [0.1, 0.15) is 59.3 Å². The van der Waals surface area contributed by atoms with Crippen LogP contribution in [0.25, 0.3) is 0 Å². The van der Waals surface area contributed by atoms with Gasteiger partial charge in [-0.05, 0) is 72.7 Å². The van der Waals surface area contributed by atoms with Gasteiger partial charge in [0.05, 0.1) is 10.0 Å². The van der Waals surface area contributed by atoms with Gasteiger partial charge in [-0.15, -0.1) is 0 Å². The van der Waals surface area contributed by atoms with E-state index in [-0.39, 0.29) is 18.1 Å². The molecule has 1 atom stereocenters. The minimum atomic E-state index is -1.11. The molecule has 3 aromatic carbocycles. The van der Waals surface area contributed by atoms with E-state index in [1.165, 1.54) is 16.0 Å². The molecule has 1 aliphatic rings. The van der Waals surface area contributed by atoms with E-state index >= 15 is 0 Å². The van der Waals surface area contributed by atoms with Crippen molar-refractivity contribution < 1.29 is 19.4 Å². The average molecular weight is 540 g/mol. The van der Waals surface area contributed by atoms with Gasteiger partial charge in [0, 0.05) is 18.5 Å². The molecule has 0 saturated carbocycles. The van der Waals surface area contributed by atoms with Crippen LogP contribution < -0.4 is 4.74 Å². The van der Waals surface area contributed by atoms with Crippen LogP contribution in [0.5, 0.6) is 5.75 Å². The van der Waals surface area contributed by atoms with Crippen LogP contribution >= 0.6 is 23.2 Å². The third-order valence-electron chi connectivity index (χ3n) is 6.73. The van der Waals surface area contributed by atoms with Gasteiger partial charge >= 0.3 is 5.97 Å². The van der Waals surface area contributed by atoms with Gasteiger partial charge in [0.15, 0.2) is 0 Å². The second-order valence-corrected chi connectivity index (χ2v) is 10.7. The number of aliphatic carboxylic acids is 1. The van der Waals surface area contributed by atoms with E-state index in [9.17, 15) is 14.7 Å². The Bertz CT molecular complexity index is 1290. The molecule has 7 heteroatoms. The number of aryl methyl sites for hydroxylation is 2. The fraction of sp³-hybridized carbons (Fsp3) is 0.333. The van der Waals surface area contributed by atoms with E-state index in [0.29, 0.717) is 21.2 Å². The summed E-state index contributed by atoms with van der Waals surface area (Å²) in [6.45, 7) is 3.88. The van der Waals surface area contributed by atoms with Crippen LogP contribution in [0, 0.1) is 0 Å². The van der Waals surface area contributed by atoms with Crippen molar-refractivity contribution >= 4 is 35.1 Å². The molecular weight excluding hydrogens is 509 g/mol. The van der Waals surface area contributed by atoms with Crippen molar-refractivity contribution in [2.24, 2.45) is 0 Å². The van der Waals surface area contributed by atoms with E-state index in [1.54, 1.807) is 24.3 Å². The summed E-state index contributed by atoms with van der Waals surface area (Å²) in [5, 5.41) is 10.1. The number of amides is 1. The van der Waals surface area contributed by atoms with Gasteiger partial charge in [-0.2, -0.15) is 0 Å². The largest absolute Gasteiger partial charge is 0.487 e. The monoisotopic (exact) mass is 539 g/mol. The smallest absolute Gasteiger partial charge is 0.323 e. The lowest BCUT2D eigenvalue weighted by molar-refractivity contribution is -0.137. The molecule has 0 saturated heterocycles. The summed E-state index contributed by atoms with van der Waals surface area (Å²) in [4.78, 5) is 26.1. The topological polar surface area (TPSA) is 66.8 Å². The third-order valence-corrected chi connectivity index (χ3v) is 7.59. The summed E-state index contributed by atoms with van der Waals surface area (Å²) in [6.07, 6.45) is 4.58. The lowest BCUT2D eigenvalue weighted by atomic mass is 9.86. The lowest BCUT2D eigenvalue weighted by Gasteiger charge is -2.36. The maximum absolute atomic E-state index is 13.4. The molecule has 0 spiro atoms. The highest BCUT2D eigenvalue weighted by Gasteiger charge is 2.32. The summed E-state index contributed by atoms with van der Waals surface area (Å²) in [5.74, 6) is -0.733. The van der Waals surface area contributed by atoms with Gasteiger partial charge in [-0.25, -0.2) is 0 Å². The number of rotatable bonds is 9. The van der Waals surface area contributed by atoms with Gasteiger partial charge in [0.1, 0.15) is 17.9 Å². The molecule has 3 aromatic rings. The van der Waals surface area contributed by atoms with Crippen LogP contribution in [0.2, 0.25) is 10.0 Å². The molecule has 1 N–H and O–H groups in total. The first-order chi connectivity index (χ1) is 17.7. The molecule has 0 radical (unpaired) electrons. The molecule has 1 heterocycles. The Kier molecular flexibility index (Phi) is 8.46. The number of hydrogen-bond donors (Lipinski definition) is 1. The minimum absolute atomic E-state index is 0.0349. The zero-order chi connectivity index (χ0) is 26.6. The number of ether oxygens (including phenoxy) is 1.